The highest BCUT2D eigenvalue weighted by atomic mass is 32.1. The first-order valence-electron chi connectivity index (χ1n) is 5.75. The Balaban J connectivity index is 2.11. The largest absolute Gasteiger partial charge is 0.497 e. The van der Waals surface area contributed by atoms with Crippen molar-refractivity contribution in [1.29, 1.82) is 0 Å². The summed E-state index contributed by atoms with van der Waals surface area (Å²) in [5.74, 6) is 0.320. The maximum Gasteiger partial charge on any atom is 0.226 e. The van der Waals surface area contributed by atoms with Crippen LogP contribution >= 0.6 is 11.3 Å². The van der Waals surface area contributed by atoms with Crippen LogP contribution in [0.4, 0.5) is 5.69 Å². The molecular formula is C14H12N2O3S. The number of methoxy groups -OCH3 is 1. The van der Waals surface area contributed by atoms with Gasteiger partial charge in [-0.3, -0.25) is 15.0 Å². The standard InChI is InChI=1S/C14H12N2O3S/c1-19-11-6-4-10(5-7-11)15-16-12(9-17)14(18)13-3-2-8-20-13/h2-9,15H,1H3/b16-12-. The third kappa shape index (κ3) is 3.30. The highest BCUT2D eigenvalue weighted by Gasteiger charge is 2.14. The van der Waals surface area contributed by atoms with Crippen LogP contribution in [0.3, 0.4) is 0 Å². The summed E-state index contributed by atoms with van der Waals surface area (Å²) in [5, 5.41) is 5.61. The zero-order valence-corrected chi connectivity index (χ0v) is 11.5. The summed E-state index contributed by atoms with van der Waals surface area (Å²) in [5.41, 5.74) is 3.17. The normalized spacial score (nSPS) is 10.9. The Hall–Kier alpha value is -2.47. The molecule has 0 aliphatic heterocycles. The molecule has 5 nitrogen and oxygen atoms in total. The molecular weight excluding hydrogens is 276 g/mol. The molecule has 0 unspecified atom stereocenters. The quantitative estimate of drug-likeness (QED) is 0.292. The predicted octanol–water partition coefficient (Wildman–Crippen LogP) is 2.61. The summed E-state index contributed by atoms with van der Waals surface area (Å²) in [4.78, 5) is 23.4. The topological polar surface area (TPSA) is 67.8 Å². The Labute approximate surface area is 119 Å². The van der Waals surface area contributed by atoms with Crippen molar-refractivity contribution in [1.82, 2.24) is 0 Å². The first-order valence-corrected chi connectivity index (χ1v) is 6.63. The molecule has 0 spiro atoms. The van der Waals surface area contributed by atoms with Gasteiger partial charge in [-0.25, -0.2) is 0 Å². The third-order valence-electron chi connectivity index (χ3n) is 2.48. The maximum absolute atomic E-state index is 11.9. The summed E-state index contributed by atoms with van der Waals surface area (Å²) in [7, 11) is 1.57. The molecule has 1 heterocycles. The van der Waals surface area contributed by atoms with Gasteiger partial charge in [-0.2, -0.15) is 5.10 Å². The summed E-state index contributed by atoms with van der Waals surface area (Å²) in [6, 6.07) is 10.4. The van der Waals surface area contributed by atoms with Gasteiger partial charge in [-0.15, -0.1) is 11.3 Å². The van der Waals surface area contributed by atoms with Crippen LogP contribution in [0, 0.1) is 0 Å². The Morgan fingerprint density at radius 1 is 1.30 bits per heavy atom. The van der Waals surface area contributed by atoms with Crippen molar-refractivity contribution in [2.45, 2.75) is 0 Å². The number of benzene rings is 1. The molecule has 0 bridgehead atoms. The molecule has 0 aliphatic rings. The lowest BCUT2D eigenvalue weighted by Crippen LogP contribution is -2.16. The van der Waals surface area contributed by atoms with Gasteiger partial charge in [0.2, 0.25) is 5.78 Å². The Kier molecular flexibility index (Phi) is 4.62. The number of ketones is 1. The van der Waals surface area contributed by atoms with Crippen molar-refractivity contribution < 1.29 is 14.3 Å². The van der Waals surface area contributed by atoms with Gasteiger partial charge in [0.1, 0.15) is 5.75 Å². The van der Waals surface area contributed by atoms with Gasteiger partial charge in [0.15, 0.2) is 12.0 Å². The van der Waals surface area contributed by atoms with Crippen molar-refractivity contribution in [3.05, 3.63) is 46.7 Å². The van der Waals surface area contributed by atoms with Gasteiger partial charge in [0.05, 0.1) is 17.7 Å². The fraction of sp³-hybridized carbons (Fsp3) is 0.0714. The van der Waals surface area contributed by atoms with E-state index in [9.17, 15) is 9.59 Å². The van der Waals surface area contributed by atoms with Crippen molar-refractivity contribution in [2.75, 3.05) is 12.5 Å². The van der Waals surface area contributed by atoms with Crippen molar-refractivity contribution >= 4 is 34.8 Å². The number of nitrogens with one attached hydrogen (secondary N) is 1. The third-order valence-corrected chi connectivity index (χ3v) is 3.35. The highest BCUT2D eigenvalue weighted by Crippen LogP contribution is 2.15. The van der Waals surface area contributed by atoms with Crippen molar-refractivity contribution in [2.24, 2.45) is 5.10 Å². The molecule has 2 aromatic rings. The minimum absolute atomic E-state index is 0.164. The van der Waals surface area contributed by atoms with Gasteiger partial charge in [-0.1, -0.05) is 6.07 Å². The van der Waals surface area contributed by atoms with Gasteiger partial charge in [0, 0.05) is 0 Å². The molecule has 1 aromatic heterocycles. The van der Waals surface area contributed by atoms with Crippen LogP contribution in [0.5, 0.6) is 5.75 Å². The van der Waals surface area contributed by atoms with E-state index in [1.807, 2.05) is 0 Å². The second-order valence-electron chi connectivity index (χ2n) is 3.76. The molecule has 0 aliphatic carbocycles. The van der Waals surface area contributed by atoms with E-state index in [0.717, 1.165) is 0 Å². The van der Waals surface area contributed by atoms with E-state index in [1.165, 1.54) is 11.3 Å². The number of rotatable bonds is 6. The second-order valence-corrected chi connectivity index (χ2v) is 4.71. The van der Waals surface area contributed by atoms with E-state index < -0.39 is 5.78 Å². The van der Waals surface area contributed by atoms with Crippen LogP contribution in [0.25, 0.3) is 0 Å². The average Bonchev–Trinajstić information content (AvgIpc) is 3.02. The number of hydrogen-bond acceptors (Lipinski definition) is 6. The smallest absolute Gasteiger partial charge is 0.226 e. The molecule has 0 amide bonds. The number of carbonyl (C=O) groups excluding carboxylic acids is 2. The van der Waals surface area contributed by atoms with E-state index in [1.54, 1.807) is 48.9 Å². The van der Waals surface area contributed by atoms with E-state index in [4.69, 9.17) is 4.74 Å². The zero-order chi connectivity index (χ0) is 14.4. The van der Waals surface area contributed by atoms with E-state index in [2.05, 4.69) is 10.5 Å². The number of thiophene rings is 1. The molecule has 20 heavy (non-hydrogen) atoms. The SMILES string of the molecule is COc1ccc(N/N=C(/C=O)C(=O)c2cccs2)cc1. The van der Waals surface area contributed by atoms with E-state index in [0.29, 0.717) is 22.6 Å². The summed E-state index contributed by atoms with van der Waals surface area (Å²) >= 11 is 1.27. The zero-order valence-electron chi connectivity index (χ0n) is 10.7. The molecule has 1 aromatic carbocycles. The van der Waals surface area contributed by atoms with Crippen LogP contribution in [0.2, 0.25) is 0 Å². The lowest BCUT2D eigenvalue weighted by Gasteiger charge is -2.03. The van der Waals surface area contributed by atoms with Crippen LogP contribution in [0.15, 0.2) is 46.9 Å². The number of hydrogen-bond donors (Lipinski definition) is 1. The molecule has 0 radical (unpaired) electrons. The lowest BCUT2D eigenvalue weighted by atomic mass is 10.2. The Morgan fingerprint density at radius 3 is 2.60 bits per heavy atom. The number of aldehydes is 1. The first kappa shape index (κ1) is 14.0. The number of nitrogens with zero attached hydrogens (tertiary/aromatic N) is 1. The van der Waals surface area contributed by atoms with Crippen LogP contribution in [0.1, 0.15) is 9.67 Å². The van der Waals surface area contributed by atoms with Gasteiger partial charge < -0.3 is 4.74 Å². The van der Waals surface area contributed by atoms with Crippen molar-refractivity contribution in [3.63, 3.8) is 0 Å². The number of Topliss-reactive ketones (excluding diaryl/α,β-unsaturated/α-hetero) is 1. The number of ether oxygens (including phenoxy) is 1. The van der Waals surface area contributed by atoms with Crippen LogP contribution < -0.4 is 10.2 Å². The molecule has 102 valence electrons. The average molecular weight is 288 g/mol. The van der Waals surface area contributed by atoms with E-state index >= 15 is 0 Å². The molecule has 0 atom stereocenters. The fourth-order valence-corrected chi connectivity index (χ4v) is 2.13. The highest BCUT2D eigenvalue weighted by molar-refractivity contribution is 7.13. The van der Waals surface area contributed by atoms with Crippen molar-refractivity contribution in [3.8, 4) is 5.75 Å². The van der Waals surface area contributed by atoms with Gasteiger partial charge >= 0.3 is 0 Å². The molecule has 0 saturated carbocycles. The van der Waals surface area contributed by atoms with E-state index in [-0.39, 0.29) is 5.71 Å². The van der Waals surface area contributed by atoms with Crippen LogP contribution in [-0.2, 0) is 4.79 Å². The lowest BCUT2D eigenvalue weighted by molar-refractivity contribution is -0.102. The number of anilines is 1. The number of carbonyl (C=O) groups is 2. The molecule has 2 rings (SSSR count). The summed E-state index contributed by atoms with van der Waals surface area (Å²) < 4.78 is 5.03. The molecule has 6 heteroatoms. The first-order chi connectivity index (χ1) is 9.74. The summed E-state index contributed by atoms with van der Waals surface area (Å²) in [6.07, 6.45) is 0.443. The molecule has 0 saturated heterocycles. The Bertz CT molecular complexity index is 618. The molecule has 1 N–H and O–H groups in total. The monoisotopic (exact) mass is 288 g/mol. The Morgan fingerprint density at radius 2 is 2.05 bits per heavy atom. The van der Waals surface area contributed by atoms with Crippen LogP contribution in [-0.4, -0.2) is 24.9 Å². The molecule has 0 fully saturated rings. The second kappa shape index (κ2) is 6.63. The fourth-order valence-electron chi connectivity index (χ4n) is 1.45. The minimum atomic E-state index is -0.393. The summed E-state index contributed by atoms with van der Waals surface area (Å²) in [6.45, 7) is 0. The minimum Gasteiger partial charge on any atom is -0.497 e. The van der Waals surface area contributed by atoms with Gasteiger partial charge in [0.25, 0.3) is 0 Å². The maximum atomic E-state index is 11.9. The number of hydrazone groups is 1. The van der Waals surface area contributed by atoms with Gasteiger partial charge in [-0.05, 0) is 35.7 Å². The predicted molar refractivity (Wildman–Crippen MR) is 78.8 cm³/mol.